The van der Waals surface area contributed by atoms with Gasteiger partial charge in [-0.05, 0) is 36.4 Å². The van der Waals surface area contributed by atoms with E-state index >= 15 is 0 Å². The Hall–Kier alpha value is -3.33. The van der Waals surface area contributed by atoms with Crippen molar-refractivity contribution in [3.8, 4) is 5.75 Å². The number of guanidine groups is 2. The molecule has 0 aromatic heterocycles. The van der Waals surface area contributed by atoms with Crippen molar-refractivity contribution in [2.75, 3.05) is 43.6 Å². The Bertz CT molecular complexity index is 911. The zero-order valence-electron chi connectivity index (χ0n) is 16.1. The lowest BCUT2D eigenvalue weighted by molar-refractivity contribution is 0.0671. The molecule has 9 heteroatoms. The van der Waals surface area contributed by atoms with Crippen LogP contribution in [0.5, 0.6) is 5.75 Å². The Morgan fingerprint density at radius 1 is 1.14 bits per heavy atom. The first kappa shape index (κ1) is 19.0. The van der Waals surface area contributed by atoms with E-state index in [9.17, 15) is 4.39 Å². The second-order valence-corrected chi connectivity index (χ2v) is 6.57. The van der Waals surface area contributed by atoms with Crippen LogP contribution in [0.4, 0.5) is 15.8 Å². The fourth-order valence-corrected chi connectivity index (χ4v) is 3.32. The third-order valence-corrected chi connectivity index (χ3v) is 4.71. The van der Waals surface area contributed by atoms with Crippen molar-refractivity contribution in [1.29, 1.82) is 0 Å². The molecule has 0 aliphatic carbocycles. The summed E-state index contributed by atoms with van der Waals surface area (Å²) in [6.07, 6.45) is -0.591. The van der Waals surface area contributed by atoms with E-state index in [1.54, 1.807) is 19.2 Å². The van der Waals surface area contributed by atoms with Gasteiger partial charge in [-0.2, -0.15) is 4.99 Å². The van der Waals surface area contributed by atoms with Crippen LogP contribution in [0.15, 0.2) is 58.5 Å². The van der Waals surface area contributed by atoms with Crippen molar-refractivity contribution in [1.82, 2.24) is 4.90 Å². The largest absolute Gasteiger partial charge is 0.495 e. The van der Waals surface area contributed by atoms with E-state index in [0.29, 0.717) is 43.7 Å². The normalized spacial score (nSPS) is 19.4. The third-order valence-electron chi connectivity index (χ3n) is 4.71. The van der Waals surface area contributed by atoms with Gasteiger partial charge in [0.1, 0.15) is 11.6 Å². The van der Waals surface area contributed by atoms with Crippen LogP contribution in [-0.2, 0) is 4.74 Å². The van der Waals surface area contributed by atoms with Crippen molar-refractivity contribution >= 4 is 23.3 Å². The first-order valence-electron chi connectivity index (χ1n) is 9.35. The minimum atomic E-state index is -0.591. The first-order chi connectivity index (χ1) is 14.2. The van der Waals surface area contributed by atoms with Gasteiger partial charge in [0.2, 0.25) is 18.2 Å². The molecule has 1 atom stereocenters. The summed E-state index contributed by atoms with van der Waals surface area (Å²) in [4.78, 5) is 13.1. The second kappa shape index (κ2) is 8.36. The topological polar surface area (TPSA) is 87.7 Å². The van der Waals surface area contributed by atoms with E-state index < -0.39 is 6.29 Å². The number of para-hydroxylation sites is 2. The van der Waals surface area contributed by atoms with E-state index in [1.165, 1.54) is 12.1 Å². The van der Waals surface area contributed by atoms with Crippen molar-refractivity contribution < 1.29 is 13.9 Å². The summed E-state index contributed by atoms with van der Waals surface area (Å²) in [5.74, 6) is 1.19. The number of nitrogens with two attached hydrogens (primary N) is 1. The molecule has 1 fully saturated rings. The summed E-state index contributed by atoms with van der Waals surface area (Å²) in [5, 5.41) is 3.30. The van der Waals surface area contributed by atoms with Crippen LogP contribution in [0.25, 0.3) is 0 Å². The highest BCUT2D eigenvalue weighted by Crippen LogP contribution is 2.32. The van der Waals surface area contributed by atoms with Gasteiger partial charge in [0.25, 0.3) is 0 Å². The molecule has 4 rings (SSSR count). The quantitative estimate of drug-likeness (QED) is 0.820. The Kier molecular flexibility index (Phi) is 5.48. The standard InChI is InChI=1S/C20H23FN6O2/c1-28-17-5-3-2-4-16(17)27-19(23-15-8-6-14(21)7-9-15)24-18(22)25-20(27)26-10-12-29-13-11-26/h2-9,19,23H,10-13H2,1H3,(H2,22,24). The molecule has 152 valence electrons. The monoisotopic (exact) mass is 398 g/mol. The van der Waals surface area contributed by atoms with Gasteiger partial charge in [-0.1, -0.05) is 12.1 Å². The smallest absolute Gasteiger partial charge is 0.222 e. The van der Waals surface area contributed by atoms with Crippen molar-refractivity contribution in [2.45, 2.75) is 6.29 Å². The van der Waals surface area contributed by atoms with E-state index in [0.717, 1.165) is 5.69 Å². The van der Waals surface area contributed by atoms with Gasteiger partial charge < -0.3 is 25.4 Å². The molecular formula is C20H23FN6O2. The summed E-state index contributed by atoms with van der Waals surface area (Å²) in [5.41, 5.74) is 7.55. The summed E-state index contributed by atoms with van der Waals surface area (Å²) in [7, 11) is 1.62. The first-order valence-corrected chi connectivity index (χ1v) is 9.35. The molecule has 2 aromatic rings. The summed E-state index contributed by atoms with van der Waals surface area (Å²) in [6, 6.07) is 13.7. The fraction of sp³-hybridized carbons (Fsp3) is 0.300. The number of nitrogens with zero attached hydrogens (tertiary/aromatic N) is 4. The summed E-state index contributed by atoms with van der Waals surface area (Å²) < 4.78 is 24.4. The van der Waals surface area contributed by atoms with E-state index in [4.69, 9.17) is 15.2 Å². The van der Waals surface area contributed by atoms with Crippen molar-refractivity contribution in [3.05, 3.63) is 54.3 Å². The Labute approximate surface area is 168 Å². The highest BCUT2D eigenvalue weighted by molar-refractivity contribution is 6.06. The number of methoxy groups -OCH3 is 1. The van der Waals surface area contributed by atoms with Crippen molar-refractivity contribution in [2.24, 2.45) is 15.7 Å². The molecule has 29 heavy (non-hydrogen) atoms. The predicted octanol–water partition coefficient (Wildman–Crippen LogP) is 2.05. The van der Waals surface area contributed by atoms with Gasteiger partial charge in [0.15, 0.2) is 0 Å². The maximum absolute atomic E-state index is 13.3. The maximum Gasteiger partial charge on any atom is 0.222 e. The molecule has 0 amide bonds. The van der Waals surface area contributed by atoms with Gasteiger partial charge in [-0.15, -0.1) is 0 Å². The Balaban J connectivity index is 1.75. The molecule has 2 heterocycles. The molecule has 2 aromatic carbocycles. The van der Waals surface area contributed by atoms with E-state index in [-0.39, 0.29) is 11.8 Å². The fourth-order valence-electron chi connectivity index (χ4n) is 3.32. The highest BCUT2D eigenvalue weighted by atomic mass is 19.1. The lowest BCUT2D eigenvalue weighted by atomic mass is 10.2. The molecule has 1 saturated heterocycles. The van der Waals surface area contributed by atoms with Gasteiger partial charge in [-0.3, -0.25) is 4.90 Å². The zero-order valence-corrected chi connectivity index (χ0v) is 16.1. The molecule has 0 bridgehead atoms. The average Bonchev–Trinajstić information content (AvgIpc) is 2.75. The number of hydrogen-bond acceptors (Lipinski definition) is 8. The average molecular weight is 398 g/mol. The van der Waals surface area contributed by atoms with Gasteiger partial charge in [0, 0.05) is 18.8 Å². The van der Waals surface area contributed by atoms with Crippen LogP contribution >= 0.6 is 0 Å². The lowest BCUT2D eigenvalue weighted by Gasteiger charge is -2.41. The van der Waals surface area contributed by atoms with Crippen LogP contribution in [0, 0.1) is 5.82 Å². The van der Waals surface area contributed by atoms with E-state index in [2.05, 4.69) is 20.2 Å². The third kappa shape index (κ3) is 4.09. The molecular weight excluding hydrogens is 375 g/mol. The lowest BCUT2D eigenvalue weighted by Crippen LogP contribution is -2.57. The van der Waals surface area contributed by atoms with Crippen LogP contribution in [0.2, 0.25) is 0 Å². The Morgan fingerprint density at radius 2 is 1.86 bits per heavy atom. The number of hydrogen-bond donors (Lipinski definition) is 2. The summed E-state index contributed by atoms with van der Waals surface area (Å²) in [6.45, 7) is 2.57. The molecule has 0 radical (unpaired) electrons. The molecule has 0 saturated carbocycles. The number of ether oxygens (including phenoxy) is 2. The molecule has 3 N–H and O–H groups in total. The van der Waals surface area contributed by atoms with Crippen molar-refractivity contribution in [3.63, 3.8) is 0 Å². The summed E-state index contributed by atoms with van der Waals surface area (Å²) >= 11 is 0. The number of aliphatic imine (C=N–C) groups is 2. The number of rotatable bonds is 4. The van der Waals surface area contributed by atoms with Gasteiger partial charge in [0.05, 0.1) is 26.0 Å². The number of anilines is 2. The second-order valence-electron chi connectivity index (χ2n) is 6.57. The number of benzene rings is 2. The number of nitrogens with one attached hydrogen (secondary N) is 1. The number of halogens is 1. The van der Waals surface area contributed by atoms with Crippen LogP contribution < -0.4 is 20.7 Å². The van der Waals surface area contributed by atoms with Crippen LogP contribution in [-0.4, -0.2) is 56.5 Å². The molecule has 8 nitrogen and oxygen atoms in total. The minimum Gasteiger partial charge on any atom is -0.495 e. The maximum atomic E-state index is 13.3. The predicted molar refractivity (Wildman–Crippen MR) is 111 cm³/mol. The molecule has 2 aliphatic heterocycles. The highest BCUT2D eigenvalue weighted by Gasteiger charge is 2.33. The van der Waals surface area contributed by atoms with Crippen LogP contribution in [0.1, 0.15) is 0 Å². The SMILES string of the molecule is COc1ccccc1N1C(N2CCOCC2)=NC(N)=NC1Nc1ccc(F)cc1. The zero-order chi connectivity index (χ0) is 20.2. The Morgan fingerprint density at radius 3 is 2.59 bits per heavy atom. The molecule has 2 aliphatic rings. The van der Waals surface area contributed by atoms with Gasteiger partial charge >= 0.3 is 0 Å². The molecule has 0 spiro atoms. The minimum absolute atomic E-state index is 0.164. The van der Waals surface area contributed by atoms with Crippen LogP contribution in [0.3, 0.4) is 0 Å². The number of morpholine rings is 1. The van der Waals surface area contributed by atoms with E-state index in [1.807, 2.05) is 29.2 Å². The molecule has 1 unspecified atom stereocenters. The van der Waals surface area contributed by atoms with Gasteiger partial charge in [-0.25, -0.2) is 9.38 Å².